The standard InChI is InChI=1S/C16H15N3O3S/c1-8-13(16(21)22)23-15(19-8)9(2)18-14(20)11-3-4-12-10(7-11)5-6-17-12/h3-7,9,17H,1-2H3,(H,18,20)(H,21,22)/t9-/m1/s1. The SMILES string of the molecule is Cc1nc([C@@H](C)NC(=O)c2ccc3[nH]ccc3c2)sc1C(=O)O. The number of carboxylic acid groups (broad SMARTS) is 1. The van der Waals surface area contributed by atoms with Crippen molar-refractivity contribution in [3.8, 4) is 0 Å². The van der Waals surface area contributed by atoms with Crippen LogP contribution in [0.1, 0.15) is 43.7 Å². The van der Waals surface area contributed by atoms with E-state index in [1.807, 2.05) is 24.4 Å². The molecule has 7 heteroatoms. The van der Waals surface area contributed by atoms with E-state index < -0.39 is 5.97 Å². The third-order valence-corrected chi connectivity index (χ3v) is 4.87. The topological polar surface area (TPSA) is 95.1 Å². The van der Waals surface area contributed by atoms with Crippen molar-refractivity contribution in [3.05, 3.63) is 51.6 Å². The average Bonchev–Trinajstić information content (AvgIpc) is 3.12. The molecule has 23 heavy (non-hydrogen) atoms. The molecule has 3 rings (SSSR count). The van der Waals surface area contributed by atoms with Gasteiger partial charge in [0.1, 0.15) is 9.88 Å². The fourth-order valence-electron chi connectivity index (χ4n) is 2.34. The van der Waals surface area contributed by atoms with Crippen LogP contribution in [0.25, 0.3) is 10.9 Å². The number of hydrogen-bond donors (Lipinski definition) is 3. The van der Waals surface area contributed by atoms with Gasteiger partial charge in [0.25, 0.3) is 5.91 Å². The van der Waals surface area contributed by atoms with Crippen LogP contribution in [0.3, 0.4) is 0 Å². The number of aromatic nitrogens is 2. The van der Waals surface area contributed by atoms with Gasteiger partial charge in [-0.15, -0.1) is 11.3 Å². The summed E-state index contributed by atoms with van der Waals surface area (Å²) in [5, 5.41) is 13.5. The van der Waals surface area contributed by atoms with Crippen molar-refractivity contribution in [1.29, 1.82) is 0 Å². The molecule has 3 N–H and O–H groups in total. The van der Waals surface area contributed by atoms with E-state index >= 15 is 0 Å². The molecule has 0 aliphatic heterocycles. The molecule has 2 aromatic heterocycles. The number of thiazole rings is 1. The number of benzene rings is 1. The van der Waals surface area contributed by atoms with Crippen molar-refractivity contribution in [1.82, 2.24) is 15.3 Å². The molecule has 1 amide bonds. The van der Waals surface area contributed by atoms with Gasteiger partial charge in [-0.3, -0.25) is 4.79 Å². The summed E-state index contributed by atoms with van der Waals surface area (Å²) >= 11 is 1.09. The van der Waals surface area contributed by atoms with E-state index in [0.29, 0.717) is 16.3 Å². The van der Waals surface area contributed by atoms with E-state index in [1.54, 1.807) is 19.9 Å². The molecule has 0 bridgehead atoms. The highest BCUT2D eigenvalue weighted by Crippen LogP contribution is 2.24. The first kappa shape index (κ1) is 15.2. The first-order chi connectivity index (χ1) is 11.0. The highest BCUT2D eigenvalue weighted by atomic mass is 32.1. The summed E-state index contributed by atoms with van der Waals surface area (Å²) in [6, 6.07) is 6.95. The monoisotopic (exact) mass is 329 g/mol. The quantitative estimate of drug-likeness (QED) is 0.685. The van der Waals surface area contributed by atoms with E-state index in [0.717, 1.165) is 22.2 Å². The summed E-state index contributed by atoms with van der Waals surface area (Å²) in [7, 11) is 0. The summed E-state index contributed by atoms with van der Waals surface area (Å²) in [4.78, 5) is 31.0. The second kappa shape index (κ2) is 5.85. The molecule has 0 radical (unpaired) electrons. The summed E-state index contributed by atoms with van der Waals surface area (Å²) in [6.07, 6.45) is 1.82. The Hall–Kier alpha value is -2.67. The molecule has 1 atom stereocenters. The Morgan fingerprint density at radius 2 is 2.13 bits per heavy atom. The molecular formula is C16H15N3O3S. The van der Waals surface area contributed by atoms with Gasteiger partial charge in [-0.25, -0.2) is 9.78 Å². The molecule has 0 unspecified atom stereocenters. The van der Waals surface area contributed by atoms with E-state index in [2.05, 4.69) is 15.3 Å². The van der Waals surface area contributed by atoms with Crippen LogP contribution in [0, 0.1) is 6.92 Å². The number of aryl methyl sites for hydroxylation is 1. The number of nitrogens with zero attached hydrogens (tertiary/aromatic N) is 1. The van der Waals surface area contributed by atoms with Gasteiger partial charge in [0, 0.05) is 22.7 Å². The molecule has 0 saturated heterocycles. The number of carboxylic acids is 1. The number of aromatic amines is 1. The minimum absolute atomic E-state index is 0.204. The number of amides is 1. The second-order valence-corrected chi connectivity index (χ2v) is 6.28. The van der Waals surface area contributed by atoms with Crippen molar-refractivity contribution in [3.63, 3.8) is 0 Å². The summed E-state index contributed by atoms with van der Waals surface area (Å²) in [6.45, 7) is 3.44. The Kier molecular flexibility index (Phi) is 3.87. The van der Waals surface area contributed by atoms with Crippen LogP contribution in [0.5, 0.6) is 0 Å². The molecular weight excluding hydrogens is 314 g/mol. The van der Waals surface area contributed by atoms with Gasteiger partial charge in [0.2, 0.25) is 0 Å². The molecule has 1 aromatic carbocycles. The van der Waals surface area contributed by atoms with E-state index in [-0.39, 0.29) is 16.8 Å². The van der Waals surface area contributed by atoms with Crippen LogP contribution in [-0.4, -0.2) is 27.0 Å². The van der Waals surface area contributed by atoms with E-state index in [1.165, 1.54) is 0 Å². The van der Waals surface area contributed by atoms with Gasteiger partial charge in [-0.05, 0) is 38.1 Å². The molecule has 0 fully saturated rings. The molecule has 6 nitrogen and oxygen atoms in total. The summed E-state index contributed by atoms with van der Waals surface area (Å²) < 4.78 is 0. The maximum absolute atomic E-state index is 12.4. The lowest BCUT2D eigenvalue weighted by atomic mass is 10.1. The van der Waals surface area contributed by atoms with Crippen LogP contribution in [0.2, 0.25) is 0 Å². The lowest BCUT2D eigenvalue weighted by molar-refractivity contribution is 0.0701. The first-order valence-electron chi connectivity index (χ1n) is 7.04. The molecule has 0 aliphatic carbocycles. The molecule has 2 heterocycles. The zero-order valence-electron chi connectivity index (χ0n) is 12.6. The van der Waals surface area contributed by atoms with Crippen LogP contribution >= 0.6 is 11.3 Å². The zero-order chi connectivity index (χ0) is 16.6. The number of fused-ring (bicyclic) bond motifs is 1. The van der Waals surface area contributed by atoms with Crippen molar-refractivity contribution in [2.75, 3.05) is 0 Å². The molecule has 118 valence electrons. The molecule has 0 spiro atoms. The molecule has 0 aliphatic rings. The van der Waals surface area contributed by atoms with Crippen molar-refractivity contribution in [2.24, 2.45) is 0 Å². The van der Waals surface area contributed by atoms with Gasteiger partial charge in [-0.2, -0.15) is 0 Å². The minimum atomic E-state index is -0.998. The summed E-state index contributed by atoms with van der Waals surface area (Å²) in [5.74, 6) is -1.21. The van der Waals surface area contributed by atoms with Crippen molar-refractivity contribution in [2.45, 2.75) is 19.9 Å². The lowest BCUT2D eigenvalue weighted by Crippen LogP contribution is -2.26. The Bertz CT molecular complexity index is 897. The summed E-state index contributed by atoms with van der Waals surface area (Å²) in [5.41, 5.74) is 1.99. The number of hydrogen-bond acceptors (Lipinski definition) is 4. The average molecular weight is 329 g/mol. The Morgan fingerprint density at radius 3 is 2.83 bits per heavy atom. The highest BCUT2D eigenvalue weighted by Gasteiger charge is 2.19. The predicted molar refractivity (Wildman–Crippen MR) is 88.0 cm³/mol. The Labute approximate surface area is 136 Å². The predicted octanol–water partition coefficient (Wildman–Crippen LogP) is 3.12. The van der Waals surface area contributed by atoms with Crippen molar-refractivity contribution < 1.29 is 14.7 Å². The third kappa shape index (κ3) is 2.95. The lowest BCUT2D eigenvalue weighted by Gasteiger charge is -2.11. The van der Waals surface area contributed by atoms with E-state index in [9.17, 15) is 9.59 Å². The van der Waals surface area contributed by atoms with Crippen LogP contribution < -0.4 is 5.32 Å². The van der Waals surface area contributed by atoms with Gasteiger partial charge in [0.15, 0.2) is 0 Å². The van der Waals surface area contributed by atoms with Gasteiger partial charge >= 0.3 is 5.97 Å². The Morgan fingerprint density at radius 1 is 1.35 bits per heavy atom. The van der Waals surface area contributed by atoms with Gasteiger partial charge in [0.05, 0.1) is 11.7 Å². The van der Waals surface area contributed by atoms with Gasteiger partial charge < -0.3 is 15.4 Å². The molecule has 3 aromatic rings. The number of rotatable bonds is 4. The maximum atomic E-state index is 12.4. The van der Waals surface area contributed by atoms with Crippen LogP contribution in [-0.2, 0) is 0 Å². The van der Waals surface area contributed by atoms with Crippen molar-refractivity contribution >= 4 is 34.1 Å². The Balaban J connectivity index is 1.78. The number of carbonyl (C=O) groups excluding carboxylic acids is 1. The smallest absolute Gasteiger partial charge is 0.347 e. The van der Waals surface area contributed by atoms with Crippen LogP contribution in [0.15, 0.2) is 30.5 Å². The number of nitrogens with one attached hydrogen (secondary N) is 2. The largest absolute Gasteiger partial charge is 0.477 e. The number of carbonyl (C=O) groups is 2. The third-order valence-electron chi connectivity index (χ3n) is 3.54. The fraction of sp³-hybridized carbons (Fsp3) is 0.188. The van der Waals surface area contributed by atoms with Crippen LogP contribution in [0.4, 0.5) is 0 Å². The molecule has 0 saturated carbocycles. The fourth-order valence-corrected chi connectivity index (χ4v) is 3.25. The minimum Gasteiger partial charge on any atom is -0.477 e. The normalized spacial score (nSPS) is 12.3. The maximum Gasteiger partial charge on any atom is 0.347 e. The number of H-pyrrole nitrogens is 1. The first-order valence-corrected chi connectivity index (χ1v) is 7.86. The zero-order valence-corrected chi connectivity index (χ0v) is 13.4. The number of aromatic carboxylic acids is 1. The van der Waals surface area contributed by atoms with E-state index in [4.69, 9.17) is 5.11 Å². The highest BCUT2D eigenvalue weighted by molar-refractivity contribution is 7.13. The second-order valence-electron chi connectivity index (χ2n) is 5.25. The van der Waals surface area contributed by atoms with Gasteiger partial charge in [-0.1, -0.05) is 0 Å².